The van der Waals surface area contributed by atoms with Gasteiger partial charge in [0.05, 0.1) is 0 Å². The Hall–Kier alpha value is -0.220. The highest BCUT2D eigenvalue weighted by Gasteiger charge is 1.93. The maximum Gasteiger partial charge on any atom is 0.0101 e. The third-order valence-electron chi connectivity index (χ3n) is 3.48. The molecule has 0 unspecified atom stereocenters. The van der Waals surface area contributed by atoms with Crippen LogP contribution < -0.4 is 0 Å². The van der Waals surface area contributed by atoms with Gasteiger partial charge in [-0.15, -0.1) is 0 Å². The zero-order chi connectivity index (χ0) is 13.3. The van der Waals surface area contributed by atoms with Gasteiger partial charge in [-0.2, -0.15) is 0 Å². The molecule has 1 radical (unpaired) electrons. The Morgan fingerprint density at radius 3 is 1.39 bits per heavy atom. The first-order valence-electron chi connectivity index (χ1n) is 8.01. The lowest BCUT2D eigenvalue weighted by Crippen LogP contribution is -1.82. The molecule has 0 saturated carbocycles. The fraction of sp³-hybridized carbons (Fsp3) is 0.882. The second-order valence-electron chi connectivity index (χ2n) is 5.27. The van der Waals surface area contributed by atoms with Crippen LogP contribution in [0, 0.1) is 11.2 Å². The minimum absolute atomic E-state index is 1.00. The Balaban J connectivity index is 2.92. The Kier molecular flexibility index (Phi) is 16.6. The summed E-state index contributed by atoms with van der Waals surface area (Å²) in [5.74, 6) is 2.95. The van der Waals surface area contributed by atoms with Crippen molar-refractivity contribution < 1.29 is 0 Å². The predicted molar refractivity (Wildman–Crippen MR) is 85.7 cm³/mol. The first-order chi connectivity index (χ1) is 8.91. The van der Waals surface area contributed by atoms with Gasteiger partial charge in [0.15, 0.2) is 0 Å². The maximum atomic E-state index is 4.58. The smallest absolute Gasteiger partial charge is 0.0101 e. The summed E-state index contributed by atoms with van der Waals surface area (Å²) in [5, 5.41) is 2.54. The van der Waals surface area contributed by atoms with E-state index in [0.717, 1.165) is 6.42 Å². The fourth-order valence-electron chi connectivity index (χ4n) is 2.28. The zero-order valence-electron chi connectivity index (χ0n) is 12.3. The van der Waals surface area contributed by atoms with Crippen molar-refractivity contribution >= 4 is 12.6 Å². The fourth-order valence-corrected chi connectivity index (χ4v) is 2.38. The van der Waals surface area contributed by atoms with Crippen molar-refractivity contribution in [3.63, 3.8) is 0 Å². The molecule has 0 bridgehead atoms. The van der Waals surface area contributed by atoms with Gasteiger partial charge in [0.1, 0.15) is 0 Å². The van der Waals surface area contributed by atoms with E-state index in [1.807, 2.05) is 0 Å². The Morgan fingerprint density at radius 2 is 1.00 bits per heavy atom. The van der Waals surface area contributed by atoms with Gasteiger partial charge in [-0.05, 0) is 19.0 Å². The number of hydrogen-bond donors (Lipinski definition) is 0. The Bertz CT molecular complexity index is 199. The van der Waals surface area contributed by atoms with Gasteiger partial charge in [0.2, 0.25) is 0 Å². The average Bonchev–Trinajstić information content (AvgIpc) is 2.39. The van der Waals surface area contributed by atoms with E-state index in [2.05, 4.69) is 30.7 Å². The molecule has 0 nitrogen and oxygen atoms in total. The van der Waals surface area contributed by atoms with E-state index in [0.29, 0.717) is 0 Å². The zero-order valence-corrected chi connectivity index (χ0v) is 13.1. The van der Waals surface area contributed by atoms with Gasteiger partial charge >= 0.3 is 0 Å². The molecule has 0 aliphatic heterocycles. The third kappa shape index (κ3) is 15.8. The summed E-state index contributed by atoms with van der Waals surface area (Å²) in [6.45, 7) is 2.28. The van der Waals surface area contributed by atoms with E-state index < -0.39 is 0 Å². The average molecular weight is 268 g/mol. The molecule has 0 aromatic heterocycles. The van der Waals surface area contributed by atoms with Crippen molar-refractivity contribution in [2.75, 3.05) is 0 Å². The van der Waals surface area contributed by atoms with Gasteiger partial charge in [0, 0.05) is 11.7 Å². The highest BCUT2D eigenvalue weighted by molar-refractivity contribution is 7.85. The van der Waals surface area contributed by atoms with Gasteiger partial charge in [-0.1, -0.05) is 89.9 Å². The monoisotopic (exact) mass is 267 g/mol. The topological polar surface area (TPSA) is 0 Å². The Morgan fingerprint density at radius 1 is 0.611 bits per heavy atom. The molecule has 0 N–H and O–H groups in total. The quantitative estimate of drug-likeness (QED) is 0.259. The van der Waals surface area contributed by atoms with Crippen LogP contribution in [0.25, 0.3) is 0 Å². The molecule has 18 heavy (non-hydrogen) atoms. The summed E-state index contributed by atoms with van der Waals surface area (Å²) in [7, 11) is 0. The van der Waals surface area contributed by atoms with Gasteiger partial charge in [-0.3, -0.25) is 0 Å². The lowest BCUT2D eigenvalue weighted by molar-refractivity contribution is 0.540. The van der Waals surface area contributed by atoms with Crippen LogP contribution in [0.2, 0.25) is 0 Å². The lowest BCUT2D eigenvalue weighted by atomic mass is 10.0. The summed E-state index contributed by atoms with van der Waals surface area (Å²) in [5.41, 5.74) is 0. The summed E-state index contributed by atoms with van der Waals surface area (Å²) in [6, 6.07) is 0. The molecule has 0 atom stereocenters. The predicted octanol–water partition coefficient (Wildman–Crippen LogP) is 6.63. The largest absolute Gasteiger partial charge is 0.0865 e. The first kappa shape index (κ1) is 17.8. The molecule has 1 heteroatoms. The second kappa shape index (κ2) is 16.8. The minimum Gasteiger partial charge on any atom is -0.0865 e. The van der Waals surface area contributed by atoms with E-state index >= 15 is 0 Å². The number of rotatable bonds is 13. The van der Waals surface area contributed by atoms with Crippen LogP contribution in [0.3, 0.4) is 0 Å². The summed E-state index contributed by atoms with van der Waals surface area (Å²) < 4.78 is 0. The van der Waals surface area contributed by atoms with E-state index in [4.69, 9.17) is 0 Å². The molecular weight excluding hydrogens is 236 g/mol. The minimum atomic E-state index is 1.00. The molecule has 0 aromatic carbocycles. The van der Waals surface area contributed by atoms with E-state index in [-0.39, 0.29) is 0 Å². The SMILES string of the molecule is CCCCCCCCCCCCCCCC#C[S]. The summed E-state index contributed by atoms with van der Waals surface area (Å²) in [6.07, 6.45) is 19.3. The molecule has 0 aliphatic carbocycles. The molecule has 0 spiro atoms. The lowest BCUT2D eigenvalue weighted by Gasteiger charge is -2.02. The highest BCUT2D eigenvalue weighted by atomic mass is 32.1. The van der Waals surface area contributed by atoms with Crippen molar-refractivity contribution in [3.8, 4) is 11.2 Å². The second-order valence-corrected chi connectivity index (χ2v) is 5.48. The van der Waals surface area contributed by atoms with Crippen molar-refractivity contribution in [2.45, 2.75) is 96.8 Å². The Labute approximate surface area is 121 Å². The van der Waals surface area contributed by atoms with E-state index in [1.54, 1.807) is 0 Å². The van der Waals surface area contributed by atoms with Crippen LogP contribution in [0.15, 0.2) is 0 Å². The van der Waals surface area contributed by atoms with Crippen LogP contribution in [0.5, 0.6) is 0 Å². The normalized spacial score (nSPS) is 10.1. The van der Waals surface area contributed by atoms with Crippen molar-refractivity contribution in [1.29, 1.82) is 0 Å². The molecule has 0 fully saturated rings. The van der Waals surface area contributed by atoms with Crippen molar-refractivity contribution in [1.82, 2.24) is 0 Å². The van der Waals surface area contributed by atoms with Crippen LogP contribution in [0.4, 0.5) is 0 Å². The maximum absolute atomic E-state index is 4.58. The van der Waals surface area contributed by atoms with Crippen molar-refractivity contribution in [3.05, 3.63) is 0 Å². The van der Waals surface area contributed by atoms with Gasteiger partial charge in [-0.25, -0.2) is 0 Å². The van der Waals surface area contributed by atoms with E-state index in [1.165, 1.54) is 83.5 Å². The van der Waals surface area contributed by atoms with E-state index in [9.17, 15) is 0 Å². The third-order valence-corrected chi connectivity index (χ3v) is 3.62. The molecule has 0 aliphatic rings. The van der Waals surface area contributed by atoms with Crippen LogP contribution >= 0.6 is 12.6 Å². The molecular formula is C17H31S. The van der Waals surface area contributed by atoms with Gasteiger partial charge < -0.3 is 0 Å². The van der Waals surface area contributed by atoms with Crippen LogP contribution in [0.1, 0.15) is 96.8 Å². The first-order valence-corrected chi connectivity index (χ1v) is 8.42. The highest BCUT2D eigenvalue weighted by Crippen LogP contribution is 2.12. The standard InChI is InChI=1S/C17H31S/c1-2-3-4-5-6-7-8-9-10-11-12-13-14-15-16-17-18/h2-15H2,1H3. The van der Waals surface area contributed by atoms with Gasteiger partial charge in [0.25, 0.3) is 0 Å². The summed E-state index contributed by atoms with van der Waals surface area (Å²) in [4.78, 5) is 0. The van der Waals surface area contributed by atoms with Crippen LogP contribution in [-0.4, -0.2) is 0 Å². The molecule has 0 saturated heterocycles. The molecule has 0 heterocycles. The number of hydrogen-bond acceptors (Lipinski definition) is 0. The van der Waals surface area contributed by atoms with Crippen LogP contribution in [-0.2, 0) is 0 Å². The molecule has 105 valence electrons. The van der Waals surface area contributed by atoms with Crippen molar-refractivity contribution in [2.24, 2.45) is 0 Å². The number of unbranched alkanes of at least 4 members (excludes halogenated alkanes) is 13. The summed E-state index contributed by atoms with van der Waals surface area (Å²) >= 11 is 4.58. The molecule has 0 rings (SSSR count). The molecule has 0 amide bonds. The molecule has 0 aromatic rings.